The van der Waals surface area contributed by atoms with Crippen molar-refractivity contribution in [2.75, 3.05) is 72.4 Å². The van der Waals surface area contributed by atoms with E-state index in [9.17, 15) is 0 Å². The number of ether oxygens (including phenoxy) is 6. The molecule has 0 amide bonds. The van der Waals surface area contributed by atoms with Gasteiger partial charge in [0.15, 0.2) is 6.29 Å². The summed E-state index contributed by atoms with van der Waals surface area (Å²) < 4.78 is 35.2. The molecule has 11 nitrogen and oxygen atoms in total. The zero-order valence-electron chi connectivity index (χ0n) is 16.0. The molecule has 0 saturated carbocycles. The van der Waals surface area contributed by atoms with Gasteiger partial charge >= 0.3 is 0 Å². The molecule has 10 N–H and O–H groups in total. The Balaban J connectivity index is 2.99. The summed E-state index contributed by atoms with van der Waals surface area (Å²) >= 11 is 0. The van der Waals surface area contributed by atoms with Crippen LogP contribution in [-0.2, 0) is 28.4 Å². The summed E-state index contributed by atoms with van der Waals surface area (Å²) in [4.78, 5) is 0. The van der Waals surface area contributed by atoms with E-state index in [0.29, 0.717) is 65.8 Å². The van der Waals surface area contributed by atoms with Crippen LogP contribution in [0.3, 0.4) is 0 Å². The SMILES string of the molecule is NCCOC[C@H]1O[C@H](OCCN)[C@H](OCCN)[C@@H](OCCN)[C@@H]1OCCN. The first-order chi connectivity index (χ1) is 13.2. The third-order valence-electron chi connectivity index (χ3n) is 3.82. The minimum Gasteiger partial charge on any atom is -0.377 e. The van der Waals surface area contributed by atoms with E-state index in [0.717, 1.165) is 0 Å². The summed E-state index contributed by atoms with van der Waals surface area (Å²) in [5.74, 6) is 0. The second-order valence-electron chi connectivity index (χ2n) is 5.94. The highest BCUT2D eigenvalue weighted by Crippen LogP contribution is 2.29. The molecule has 0 spiro atoms. The Morgan fingerprint density at radius 2 is 1.04 bits per heavy atom. The largest absolute Gasteiger partial charge is 0.377 e. The highest BCUT2D eigenvalue weighted by molar-refractivity contribution is 4.93. The van der Waals surface area contributed by atoms with Crippen molar-refractivity contribution in [3.05, 3.63) is 0 Å². The van der Waals surface area contributed by atoms with Gasteiger partial charge in [0.25, 0.3) is 0 Å². The van der Waals surface area contributed by atoms with E-state index in [4.69, 9.17) is 57.1 Å². The topological polar surface area (TPSA) is 185 Å². The van der Waals surface area contributed by atoms with Crippen molar-refractivity contribution in [3.63, 3.8) is 0 Å². The van der Waals surface area contributed by atoms with Crippen molar-refractivity contribution < 1.29 is 28.4 Å². The maximum absolute atomic E-state index is 6.08. The first-order valence-electron chi connectivity index (χ1n) is 9.43. The Labute approximate surface area is 161 Å². The Morgan fingerprint density at radius 1 is 0.556 bits per heavy atom. The molecule has 1 aliphatic heterocycles. The van der Waals surface area contributed by atoms with E-state index in [1.807, 2.05) is 0 Å². The molecule has 1 heterocycles. The highest BCUT2D eigenvalue weighted by atomic mass is 16.7. The Bertz CT molecular complexity index is 357. The highest BCUT2D eigenvalue weighted by Gasteiger charge is 2.48. The summed E-state index contributed by atoms with van der Waals surface area (Å²) in [7, 11) is 0. The monoisotopic (exact) mass is 395 g/mol. The van der Waals surface area contributed by atoms with Gasteiger partial charge in [-0.2, -0.15) is 0 Å². The molecule has 11 heteroatoms. The molecular weight excluding hydrogens is 358 g/mol. The summed E-state index contributed by atoms with van der Waals surface area (Å²) in [5.41, 5.74) is 27.9. The van der Waals surface area contributed by atoms with E-state index >= 15 is 0 Å². The van der Waals surface area contributed by atoms with E-state index in [2.05, 4.69) is 0 Å². The molecule has 1 aliphatic rings. The average Bonchev–Trinajstić information content (AvgIpc) is 2.68. The van der Waals surface area contributed by atoms with Gasteiger partial charge in [0.05, 0.1) is 39.6 Å². The molecular formula is C16H37N5O6. The molecule has 0 unspecified atom stereocenters. The molecule has 0 aliphatic carbocycles. The summed E-state index contributed by atoms with van der Waals surface area (Å²) in [6.07, 6.45) is -2.67. The molecule has 0 aromatic carbocycles. The molecule has 0 aromatic rings. The van der Waals surface area contributed by atoms with Crippen LogP contribution in [0.4, 0.5) is 0 Å². The third-order valence-corrected chi connectivity index (χ3v) is 3.82. The van der Waals surface area contributed by atoms with Gasteiger partial charge in [0, 0.05) is 32.7 Å². The molecule has 5 atom stereocenters. The zero-order valence-corrected chi connectivity index (χ0v) is 16.0. The van der Waals surface area contributed by atoms with Crippen LogP contribution in [0.25, 0.3) is 0 Å². The maximum atomic E-state index is 6.08. The van der Waals surface area contributed by atoms with Crippen molar-refractivity contribution in [1.82, 2.24) is 0 Å². The van der Waals surface area contributed by atoms with Crippen molar-refractivity contribution in [2.24, 2.45) is 28.7 Å². The van der Waals surface area contributed by atoms with Gasteiger partial charge in [-0.3, -0.25) is 0 Å². The van der Waals surface area contributed by atoms with Gasteiger partial charge in [-0.15, -0.1) is 0 Å². The fourth-order valence-corrected chi connectivity index (χ4v) is 2.79. The quantitative estimate of drug-likeness (QED) is 0.165. The minimum atomic E-state index is -0.702. The van der Waals surface area contributed by atoms with Crippen LogP contribution in [0.2, 0.25) is 0 Å². The van der Waals surface area contributed by atoms with Crippen LogP contribution in [0.1, 0.15) is 0 Å². The van der Waals surface area contributed by atoms with Crippen LogP contribution < -0.4 is 28.7 Å². The third kappa shape index (κ3) is 8.62. The summed E-state index contributed by atoms with van der Waals surface area (Å²) in [5, 5.41) is 0. The predicted octanol–water partition coefficient (Wildman–Crippen LogP) is -3.31. The minimum absolute atomic E-state index is 0.265. The van der Waals surface area contributed by atoms with Gasteiger partial charge in [-0.25, -0.2) is 0 Å². The van der Waals surface area contributed by atoms with Gasteiger partial charge in [0.1, 0.15) is 24.4 Å². The van der Waals surface area contributed by atoms with Gasteiger partial charge in [0.2, 0.25) is 0 Å². The Hall–Kier alpha value is -0.440. The molecule has 0 radical (unpaired) electrons. The predicted molar refractivity (Wildman–Crippen MR) is 99.9 cm³/mol. The normalized spacial score (nSPS) is 28.6. The molecule has 1 rings (SSSR count). The first kappa shape index (κ1) is 24.6. The lowest BCUT2D eigenvalue weighted by Crippen LogP contribution is -2.62. The fourth-order valence-electron chi connectivity index (χ4n) is 2.79. The Morgan fingerprint density at radius 3 is 1.59 bits per heavy atom. The molecule has 1 saturated heterocycles. The second kappa shape index (κ2) is 15.5. The van der Waals surface area contributed by atoms with Gasteiger partial charge in [-0.1, -0.05) is 0 Å². The average molecular weight is 396 g/mol. The first-order valence-corrected chi connectivity index (χ1v) is 9.43. The molecule has 0 bridgehead atoms. The van der Waals surface area contributed by atoms with E-state index < -0.39 is 30.7 Å². The molecule has 162 valence electrons. The van der Waals surface area contributed by atoms with E-state index in [1.165, 1.54) is 0 Å². The number of rotatable bonds is 16. The smallest absolute Gasteiger partial charge is 0.186 e. The number of hydrogen-bond acceptors (Lipinski definition) is 11. The summed E-state index contributed by atoms with van der Waals surface area (Å²) in [6, 6.07) is 0. The van der Waals surface area contributed by atoms with Crippen molar-refractivity contribution in [2.45, 2.75) is 30.7 Å². The molecule has 0 aromatic heterocycles. The van der Waals surface area contributed by atoms with Crippen LogP contribution >= 0.6 is 0 Å². The lowest BCUT2D eigenvalue weighted by atomic mass is 9.98. The van der Waals surface area contributed by atoms with E-state index in [-0.39, 0.29) is 6.61 Å². The molecule has 1 fully saturated rings. The number of hydrogen-bond donors (Lipinski definition) is 5. The van der Waals surface area contributed by atoms with Crippen LogP contribution in [0.5, 0.6) is 0 Å². The van der Waals surface area contributed by atoms with Gasteiger partial charge in [-0.05, 0) is 0 Å². The van der Waals surface area contributed by atoms with E-state index in [1.54, 1.807) is 0 Å². The number of nitrogens with two attached hydrogens (primary N) is 5. The standard InChI is InChI=1S/C16H37N5O6/c17-1-6-22-11-12-13(23-7-2-18)14(24-8-3-19)15(25-9-4-20)16(27-12)26-10-5-21/h12-16H,1-11,17-21H2/t12-,13-,14+,15-,16+/m1/s1. The van der Waals surface area contributed by atoms with Crippen LogP contribution in [0, 0.1) is 0 Å². The van der Waals surface area contributed by atoms with Crippen LogP contribution in [0.15, 0.2) is 0 Å². The van der Waals surface area contributed by atoms with Crippen molar-refractivity contribution in [1.29, 1.82) is 0 Å². The molecule has 27 heavy (non-hydrogen) atoms. The van der Waals surface area contributed by atoms with Gasteiger partial charge < -0.3 is 57.1 Å². The summed E-state index contributed by atoms with van der Waals surface area (Å²) in [6.45, 7) is 3.77. The fraction of sp³-hybridized carbons (Fsp3) is 1.00. The maximum Gasteiger partial charge on any atom is 0.186 e. The van der Waals surface area contributed by atoms with Crippen molar-refractivity contribution >= 4 is 0 Å². The Kier molecular flexibility index (Phi) is 14.1. The zero-order chi connectivity index (χ0) is 19.9. The van der Waals surface area contributed by atoms with Crippen LogP contribution in [-0.4, -0.2) is 103 Å². The lowest BCUT2D eigenvalue weighted by Gasteiger charge is -2.45. The second-order valence-corrected chi connectivity index (χ2v) is 5.94. The van der Waals surface area contributed by atoms with Crippen molar-refractivity contribution in [3.8, 4) is 0 Å². The lowest BCUT2D eigenvalue weighted by molar-refractivity contribution is -0.322.